The number of allylic oxidation sites excluding steroid dienone is 4. The van der Waals surface area contributed by atoms with Crippen molar-refractivity contribution in [3.8, 4) is 6.07 Å². The fraction of sp³-hybridized carbons (Fsp3) is 0.633. The molecule has 1 aromatic rings. The molecular weight excluding hydrogens is 393 g/mol. The summed E-state index contributed by atoms with van der Waals surface area (Å²) < 4.78 is 12.8. The molecular formula is C30H42FN. The Labute approximate surface area is 195 Å². The van der Waals surface area contributed by atoms with Crippen molar-refractivity contribution in [2.45, 2.75) is 103 Å². The number of nitrogens with zero attached hydrogens (tertiary/aromatic N) is 1. The van der Waals surface area contributed by atoms with Crippen molar-refractivity contribution < 1.29 is 4.39 Å². The quantitative estimate of drug-likeness (QED) is 0.204. The average Bonchev–Trinajstić information content (AvgIpc) is 2.84. The van der Waals surface area contributed by atoms with E-state index in [0.29, 0.717) is 5.92 Å². The fourth-order valence-corrected chi connectivity index (χ4v) is 5.90. The average molecular weight is 436 g/mol. The third-order valence-corrected chi connectivity index (χ3v) is 7.94. The van der Waals surface area contributed by atoms with E-state index in [9.17, 15) is 4.39 Å². The summed E-state index contributed by atoms with van der Waals surface area (Å²) in [7, 11) is 0. The molecule has 0 N–H and O–H groups in total. The molecule has 2 saturated carbocycles. The van der Waals surface area contributed by atoms with Crippen LogP contribution in [0.2, 0.25) is 0 Å². The molecule has 0 aromatic heterocycles. The number of unbranched alkanes of at least 4 members (excludes halogenated alkanes) is 1. The highest BCUT2D eigenvalue weighted by Gasteiger charge is 2.23. The van der Waals surface area contributed by atoms with Crippen molar-refractivity contribution in [1.29, 1.82) is 5.26 Å². The Hall–Kier alpha value is -1.88. The lowest BCUT2D eigenvalue weighted by Crippen LogP contribution is -2.14. The molecule has 1 aromatic carbocycles. The SMILES string of the molecule is CCCc1ccc(C2CCC(CCCCC3CCC(/C=C/C=C(\F)C#N)CC3)CC2)cc1. The second-order valence-electron chi connectivity index (χ2n) is 10.3. The maximum Gasteiger partial charge on any atom is 0.199 e. The largest absolute Gasteiger partial charge is 0.199 e. The van der Waals surface area contributed by atoms with E-state index in [4.69, 9.17) is 5.26 Å². The second-order valence-corrected chi connectivity index (χ2v) is 10.3. The minimum absolute atomic E-state index is 0.562. The Kier molecular flexibility index (Phi) is 10.5. The monoisotopic (exact) mass is 435 g/mol. The zero-order valence-corrected chi connectivity index (χ0v) is 20.1. The van der Waals surface area contributed by atoms with E-state index in [1.807, 2.05) is 0 Å². The van der Waals surface area contributed by atoms with E-state index in [1.54, 1.807) is 11.6 Å². The molecule has 0 unspecified atom stereocenters. The molecule has 174 valence electrons. The summed E-state index contributed by atoms with van der Waals surface area (Å²) in [6.45, 7) is 2.25. The molecule has 3 rings (SSSR count). The fourth-order valence-electron chi connectivity index (χ4n) is 5.90. The summed E-state index contributed by atoms with van der Waals surface area (Å²) in [5.41, 5.74) is 3.05. The van der Waals surface area contributed by atoms with Crippen molar-refractivity contribution >= 4 is 0 Å². The molecule has 0 bridgehead atoms. The van der Waals surface area contributed by atoms with Crippen LogP contribution in [0, 0.1) is 29.1 Å². The number of hydrogen-bond donors (Lipinski definition) is 0. The molecule has 0 heterocycles. The van der Waals surface area contributed by atoms with Crippen LogP contribution in [0.5, 0.6) is 0 Å². The van der Waals surface area contributed by atoms with Gasteiger partial charge in [-0.2, -0.15) is 9.65 Å². The topological polar surface area (TPSA) is 23.8 Å². The molecule has 1 nitrogen and oxygen atoms in total. The Morgan fingerprint density at radius 2 is 1.53 bits per heavy atom. The smallest absolute Gasteiger partial charge is 0.195 e. The van der Waals surface area contributed by atoms with E-state index < -0.39 is 5.83 Å². The summed E-state index contributed by atoms with van der Waals surface area (Å²) in [5, 5.41) is 8.45. The van der Waals surface area contributed by atoms with Gasteiger partial charge in [0.15, 0.2) is 5.83 Å². The van der Waals surface area contributed by atoms with Gasteiger partial charge in [-0.15, -0.1) is 0 Å². The number of aryl methyl sites for hydroxylation is 1. The summed E-state index contributed by atoms with van der Waals surface area (Å²) in [4.78, 5) is 0. The first-order valence-electron chi connectivity index (χ1n) is 13.2. The molecule has 0 spiro atoms. The van der Waals surface area contributed by atoms with Crippen LogP contribution in [-0.4, -0.2) is 0 Å². The minimum Gasteiger partial charge on any atom is -0.195 e. The van der Waals surface area contributed by atoms with Crippen molar-refractivity contribution in [1.82, 2.24) is 0 Å². The van der Waals surface area contributed by atoms with Gasteiger partial charge in [-0.3, -0.25) is 0 Å². The van der Waals surface area contributed by atoms with Crippen molar-refractivity contribution in [3.63, 3.8) is 0 Å². The summed E-state index contributed by atoms with van der Waals surface area (Å²) in [6, 6.07) is 11.0. The normalized spacial score (nSPS) is 26.8. The van der Waals surface area contributed by atoms with Crippen LogP contribution in [0.3, 0.4) is 0 Å². The number of benzene rings is 1. The first-order chi connectivity index (χ1) is 15.7. The van der Waals surface area contributed by atoms with Gasteiger partial charge >= 0.3 is 0 Å². The molecule has 0 radical (unpaired) electrons. The van der Waals surface area contributed by atoms with Gasteiger partial charge in [-0.1, -0.05) is 75.4 Å². The molecule has 2 fully saturated rings. The van der Waals surface area contributed by atoms with Gasteiger partial charge in [0.2, 0.25) is 0 Å². The van der Waals surface area contributed by atoms with Crippen LogP contribution < -0.4 is 0 Å². The predicted octanol–water partition coefficient (Wildman–Crippen LogP) is 9.21. The third kappa shape index (κ3) is 8.23. The molecule has 0 amide bonds. The molecule has 32 heavy (non-hydrogen) atoms. The number of halogens is 1. The van der Waals surface area contributed by atoms with Crippen molar-refractivity contribution in [3.05, 3.63) is 59.4 Å². The van der Waals surface area contributed by atoms with Crippen LogP contribution in [-0.2, 0) is 6.42 Å². The Morgan fingerprint density at radius 3 is 2.09 bits per heavy atom. The van der Waals surface area contributed by atoms with Crippen LogP contribution in [0.1, 0.15) is 107 Å². The van der Waals surface area contributed by atoms with Crippen LogP contribution in [0.25, 0.3) is 0 Å². The zero-order chi connectivity index (χ0) is 22.6. The lowest BCUT2D eigenvalue weighted by Gasteiger charge is -2.29. The lowest BCUT2D eigenvalue weighted by molar-refractivity contribution is 0.273. The van der Waals surface area contributed by atoms with E-state index in [2.05, 4.69) is 37.3 Å². The third-order valence-electron chi connectivity index (χ3n) is 7.94. The van der Waals surface area contributed by atoms with E-state index >= 15 is 0 Å². The Balaban J connectivity index is 1.25. The predicted molar refractivity (Wildman–Crippen MR) is 133 cm³/mol. The Morgan fingerprint density at radius 1 is 0.938 bits per heavy atom. The molecule has 2 aliphatic rings. The van der Waals surface area contributed by atoms with Crippen LogP contribution in [0.4, 0.5) is 4.39 Å². The maximum absolute atomic E-state index is 12.8. The highest BCUT2D eigenvalue weighted by atomic mass is 19.1. The van der Waals surface area contributed by atoms with Crippen LogP contribution >= 0.6 is 0 Å². The van der Waals surface area contributed by atoms with Gasteiger partial charge in [0.05, 0.1) is 0 Å². The maximum atomic E-state index is 12.8. The van der Waals surface area contributed by atoms with E-state index in [1.165, 1.54) is 108 Å². The summed E-state index contributed by atoms with van der Waals surface area (Å²) in [6.07, 6.45) is 23.8. The number of rotatable bonds is 10. The zero-order valence-electron chi connectivity index (χ0n) is 20.1. The lowest BCUT2D eigenvalue weighted by atomic mass is 9.76. The van der Waals surface area contributed by atoms with Gasteiger partial charge in [-0.05, 0) is 98.7 Å². The summed E-state index contributed by atoms with van der Waals surface area (Å²) >= 11 is 0. The number of nitriles is 1. The van der Waals surface area contributed by atoms with Crippen LogP contribution in [0.15, 0.2) is 48.3 Å². The Bertz CT molecular complexity index is 753. The first kappa shape index (κ1) is 24.8. The van der Waals surface area contributed by atoms with Crippen molar-refractivity contribution in [2.24, 2.45) is 17.8 Å². The van der Waals surface area contributed by atoms with E-state index in [-0.39, 0.29) is 0 Å². The molecule has 2 aliphatic carbocycles. The highest BCUT2D eigenvalue weighted by molar-refractivity contribution is 5.26. The number of hydrogen-bond acceptors (Lipinski definition) is 1. The van der Waals surface area contributed by atoms with Gasteiger partial charge in [0.25, 0.3) is 0 Å². The molecule has 0 atom stereocenters. The molecule has 0 aliphatic heterocycles. The van der Waals surface area contributed by atoms with Gasteiger partial charge < -0.3 is 0 Å². The molecule has 2 heteroatoms. The van der Waals surface area contributed by atoms with Gasteiger partial charge in [0.1, 0.15) is 6.07 Å². The molecule has 0 saturated heterocycles. The first-order valence-corrected chi connectivity index (χ1v) is 13.2. The highest BCUT2D eigenvalue weighted by Crippen LogP contribution is 2.38. The summed E-state index contributed by atoms with van der Waals surface area (Å²) in [5.74, 6) is 2.49. The van der Waals surface area contributed by atoms with E-state index in [0.717, 1.165) is 17.8 Å². The van der Waals surface area contributed by atoms with Gasteiger partial charge in [-0.25, -0.2) is 0 Å². The minimum atomic E-state index is -0.704. The second kappa shape index (κ2) is 13.6. The van der Waals surface area contributed by atoms with Crippen molar-refractivity contribution in [2.75, 3.05) is 0 Å². The van der Waals surface area contributed by atoms with Gasteiger partial charge in [0, 0.05) is 0 Å². The standard InChI is InChI=1S/C30H42FN/c1-2-6-24-15-19-28(20-16-24)29-21-17-26(18-22-29)8-4-3-7-25-11-13-27(14-12-25)9-5-10-30(31)23-32/h5,9-10,15-16,19-20,25-27,29H,2-4,6-8,11-14,17-18,21-22H2,1H3/b9-5+,30-10-.